The first kappa shape index (κ1) is 17.0. The Balaban J connectivity index is 1.92. The molecule has 0 aromatic heterocycles. The Labute approximate surface area is 133 Å². The second-order valence-corrected chi connectivity index (χ2v) is 6.23. The van der Waals surface area contributed by atoms with Crippen molar-refractivity contribution in [2.45, 2.75) is 45.2 Å². The third-order valence-electron chi connectivity index (χ3n) is 4.33. The average molecular weight is 304 g/mol. The molecular formula is C18H28N2O2. The number of carbonyl (C=O) groups is 1. The molecule has 0 radical (unpaired) electrons. The third-order valence-corrected chi connectivity index (χ3v) is 4.33. The molecule has 1 aromatic carbocycles. The number of hydrogen-bond donors (Lipinski definition) is 2. The van der Waals surface area contributed by atoms with Gasteiger partial charge in [0.1, 0.15) is 0 Å². The van der Waals surface area contributed by atoms with Crippen LogP contribution in [-0.4, -0.2) is 41.7 Å². The number of aliphatic hydroxyl groups excluding tert-OH is 1. The van der Waals surface area contributed by atoms with Crippen LogP contribution in [0, 0.1) is 5.92 Å². The van der Waals surface area contributed by atoms with Gasteiger partial charge in [-0.05, 0) is 30.7 Å². The van der Waals surface area contributed by atoms with Gasteiger partial charge in [0.2, 0.25) is 5.91 Å². The molecule has 0 bridgehead atoms. The molecule has 1 fully saturated rings. The molecule has 0 spiro atoms. The third kappa shape index (κ3) is 5.11. The minimum Gasteiger partial charge on any atom is -0.396 e. The molecule has 1 aliphatic heterocycles. The van der Waals surface area contributed by atoms with Crippen LogP contribution in [-0.2, 0) is 11.3 Å². The molecule has 1 heterocycles. The monoisotopic (exact) mass is 304 g/mol. The fraction of sp³-hybridized carbons (Fsp3) is 0.611. The summed E-state index contributed by atoms with van der Waals surface area (Å²) in [5.74, 6) is 0.643. The molecule has 1 aromatic rings. The van der Waals surface area contributed by atoms with Crippen molar-refractivity contribution in [2.24, 2.45) is 5.92 Å². The number of carbonyl (C=O) groups excluding carboxylic acids is 1. The van der Waals surface area contributed by atoms with Crippen molar-refractivity contribution in [1.82, 2.24) is 10.2 Å². The van der Waals surface area contributed by atoms with Crippen molar-refractivity contribution in [3.63, 3.8) is 0 Å². The summed E-state index contributed by atoms with van der Waals surface area (Å²) >= 11 is 0. The van der Waals surface area contributed by atoms with E-state index in [0.717, 1.165) is 38.9 Å². The second kappa shape index (κ2) is 8.91. The molecule has 1 saturated heterocycles. The van der Waals surface area contributed by atoms with E-state index in [0.29, 0.717) is 18.4 Å². The SMILES string of the molecule is CCCC(=O)N1CC(CCO)CC(NCc2ccccc2)C1. The maximum absolute atomic E-state index is 12.2. The molecule has 1 amide bonds. The van der Waals surface area contributed by atoms with Gasteiger partial charge in [-0.2, -0.15) is 0 Å². The van der Waals surface area contributed by atoms with Gasteiger partial charge in [0.15, 0.2) is 0 Å². The lowest BCUT2D eigenvalue weighted by molar-refractivity contribution is -0.133. The largest absolute Gasteiger partial charge is 0.396 e. The van der Waals surface area contributed by atoms with E-state index in [1.54, 1.807) is 0 Å². The molecule has 4 nitrogen and oxygen atoms in total. The summed E-state index contributed by atoms with van der Waals surface area (Å²) in [5.41, 5.74) is 1.26. The number of benzene rings is 1. The fourth-order valence-electron chi connectivity index (χ4n) is 3.18. The first-order valence-electron chi connectivity index (χ1n) is 8.38. The normalized spacial score (nSPS) is 21.8. The van der Waals surface area contributed by atoms with Crippen molar-refractivity contribution < 1.29 is 9.90 Å². The summed E-state index contributed by atoms with van der Waals surface area (Å²) in [4.78, 5) is 14.2. The van der Waals surface area contributed by atoms with Gasteiger partial charge in [0, 0.05) is 38.7 Å². The number of rotatable bonds is 7. The molecule has 2 rings (SSSR count). The van der Waals surface area contributed by atoms with Gasteiger partial charge in [-0.15, -0.1) is 0 Å². The molecule has 122 valence electrons. The summed E-state index contributed by atoms with van der Waals surface area (Å²) in [6, 6.07) is 10.6. The highest BCUT2D eigenvalue weighted by atomic mass is 16.3. The van der Waals surface area contributed by atoms with E-state index in [9.17, 15) is 9.90 Å². The Hall–Kier alpha value is -1.39. The molecule has 2 unspecified atom stereocenters. The van der Waals surface area contributed by atoms with Gasteiger partial charge in [0.05, 0.1) is 0 Å². The standard InChI is InChI=1S/C18H28N2O2/c1-2-6-18(22)20-13-16(9-10-21)11-17(14-20)19-12-15-7-4-3-5-8-15/h3-5,7-8,16-17,19,21H,2,6,9-14H2,1H3. The van der Waals surface area contributed by atoms with Crippen LogP contribution in [0.2, 0.25) is 0 Å². The first-order valence-corrected chi connectivity index (χ1v) is 8.38. The highest BCUT2D eigenvalue weighted by Crippen LogP contribution is 2.21. The van der Waals surface area contributed by atoms with Crippen LogP contribution in [0.5, 0.6) is 0 Å². The zero-order valence-corrected chi connectivity index (χ0v) is 13.5. The molecular weight excluding hydrogens is 276 g/mol. The van der Waals surface area contributed by atoms with E-state index in [2.05, 4.69) is 17.4 Å². The van der Waals surface area contributed by atoms with Crippen LogP contribution in [0.25, 0.3) is 0 Å². The highest BCUT2D eigenvalue weighted by Gasteiger charge is 2.28. The highest BCUT2D eigenvalue weighted by molar-refractivity contribution is 5.76. The number of amides is 1. The Morgan fingerprint density at radius 2 is 2.09 bits per heavy atom. The molecule has 0 aliphatic carbocycles. The van der Waals surface area contributed by atoms with Gasteiger partial charge in [-0.3, -0.25) is 4.79 Å². The van der Waals surface area contributed by atoms with Crippen molar-refractivity contribution in [2.75, 3.05) is 19.7 Å². The molecule has 0 saturated carbocycles. The van der Waals surface area contributed by atoms with E-state index < -0.39 is 0 Å². The Morgan fingerprint density at radius 1 is 1.32 bits per heavy atom. The number of piperidine rings is 1. The van der Waals surface area contributed by atoms with Gasteiger partial charge in [-0.25, -0.2) is 0 Å². The number of aliphatic hydroxyl groups is 1. The summed E-state index contributed by atoms with van der Waals surface area (Å²) in [7, 11) is 0. The van der Waals surface area contributed by atoms with E-state index in [-0.39, 0.29) is 12.5 Å². The Morgan fingerprint density at radius 3 is 2.77 bits per heavy atom. The quantitative estimate of drug-likeness (QED) is 0.812. The Kier molecular flexibility index (Phi) is 6.87. The van der Waals surface area contributed by atoms with Crippen molar-refractivity contribution in [3.8, 4) is 0 Å². The van der Waals surface area contributed by atoms with E-state index in [1.807, 2.05) is 30.0 Å². The Bertz CT molecular complexity index is 450. The zero-order valence-electron chi connectivity index (χ0n) is 13.5. The van der Waals surface area contributed by atoms with Crippen LogP contribution in [0.3, 0.4) is 0 Å². The lowest BCUT2D eigenvalue weighted by atomic mass is 9.91. The molecule has 1 aliphatic rings. The predicted octanol–water partition coefficient (Wildman–Crippen LogP) is 2.18. The molecule has 4 heteroatoms. The lowest BCUT2D eigenvalue weighted by Crippen LogP contribution is -2.51. The first-order chi connectivity index (χ1) is 10.7. The summed E-state index contributed by atoms with van der Waals surface area (Å²) in [6.45, 7) is 4.65. The van der Waals surface area contributed by atoms with Crippen LogP contribution < -0.4 is 5.32 Å². The predicted molar refractivity (Wildman–Crippen MR) is 88.4 cm³/mol. The van der Waals surface area contributed by atoms with Crippen molar-refractivity contribution in [1.29, 1.82) is 0 Å². The van der Waals surface area contributed by atoms with Crippen LogP contribution >= 0.6 is 0 Å². The van der Waals surface area contributed by atoms with Crippen LogP contribution in [0.4, 0.5) is 0 Å². The zero-order chi connectivity index (χ0) is 15.8. The summed E-state index contributed by atoms with van der Waals surface area (Å²) in [6.07, 6.45) is 3.32. The van der Waals surface area contributed by atoms with Gasteiger partial charge >= 0.3 is 0 Å². The van der Waals surface area contributed by atoms with Gasteiger partial charge in [0.25, 0.3) is 0 Å². The molecule has 2 atom stereocenters. The number of hydrogen-bond acceptors (Lipinski definition) is 3. The van der Waals surface area contributed by atoms with E-state index >= 15 is 0 Å². The summed E-state index contributed by atoms with van der Waals surface area (Å²) in [5, 5.41) is 12.8. The van der Waals surface area contributed by atoms with Crippen molar-refractivity contribution in [3.05, 3.63) is 35.9 Å². The lowest BCUT2D eigenvalue weighted by Gasteiger charge is -2.38. The topological polar surface area (TPSA) is 52.6 Å². The number of nitrogens with zero attached hydrogens (tertiary/aromatic N) is 1. The van der Waals surface area contributed by atoms with E-state index in [4.69, 9.17) is 0 Å². The van der Waals surface area contributed by atoms with E-state index in [1.165, 1.54) is 5.56 Å². The second-order valence-electron chi connectivity index (χ2n) is 6.23. The smallest absolute Gasteiger partial charge is 0.222 e. The number of likely N-dealkylation sites (tertiary alicyclic amines) is 1. The van der Waals surface area contributed by atoms with Crippen LogP contribution in [0.15, 0.2) is 30.3 Å². The minimum absolute atomic E-state index is 0.200. The van der Waals surface area contributed by atoms with Gasteiger partial charge < -0.3 is 15.3 Å². The number of nitrogens with one attached hydrogen (secondary N) is 1. The maximum Gasteiger partial charge on any atom is 0.222 e. The van der Waals surface area contributed by atoms with Crippen LogP contribution in [0.1, 0.15) is 38.2 Å². The van der Waals surface area contributed by atoms with Gasteiger partial charge in [-0.1, -0.05) is 37.3 Å². The van der Waals surface area contributed by atoms with Crippen molar-refractivity contribution >= 4 is 5.91 Å². The summed E-state index contributed by atoms with van der Waals surface area (Å²) < 4.78 is 0. The molecule has 2 N–H and O–H groups in total. The maximum atomic E-state index is 12.2. The fourth-order valence-corrected chi connectivity index (χ4v) is 3.18. The minimum atomic E-state index is 0.200. The molecule has 22 heavy (non-hydrogen) atoms. The average Bonchev–Trinajstić information content (AvgIpc) is 2.54.